The van der Waals surface area contributed by atoms with Crippen LogP contribution in [0, 0.1) is 5.41 Å². The van der Waals surface area contributed by atoms with Crippen molar-refractivity contribution in [3.05, 3.63) is 65.2 Å². The molecule has 0 saturated carbocycles. The fourth-order valence-electron chi connectivity index (χ4n) is 4.93. The highest BCUT2D eigenvalue weighted by Crippen LogP contribution is 2.38. The number of hydrogen-bond acceptors (Lipinski definition) is 4. The third-order valence-corrected chi connectivity index (χ3v) is 7.36. The SMILES string of the molecule is CCCCC(Cc1ccc(C(C)C)cc1)(C(=O)c1ccc(N2CCOCC2)cc1)C(C)NC. The van der Waals surface area contributed by atoms with Crippen molar-refractivity contribution in [1.29, 1.82) is 0 Å². The standard InChI is InChI=1S/C29H42N2O2/c1-6-7-16-29(23(4)30-5,21-24-8-10-25(11-9-24)22(2)3)28(32)26-12-14-27(15-13-26)31-17-19-33-20-18-31/h8-15,22-23,30H,6-7,16-21H2,1-5H3. The van der Waals surface area contributed by atoms with Gasteiger partial charge in [-0.2, -0.15) is 0 Å². The van der Waals surface area contributed by atoms with Gasteiger partial charge in [0.2, 0.25) is 0 Å². The summed E-state index contributed by atoms with van der Waals surface area (Å²) in [6.07, 6.45) is 3.74. The Morgan fingerprint density at radius 3 is 2.21 bits per heavy atom. The van der Waals surface area contributed by atoms with Crippen LogP contribution < -0.4 is 10.2 Å². The fraction of sp³-hybridized carbons (Fsp3) is 0.552. The van der Waals surface area contributed by atoms with Crippen LogP contribution >= 0.6 is 0 Å². The van der Waals surface area contributed by atoms with Gasteiger partial charge in [0.15, 0.2) is 5.78 Å². The van der Waals surface area contributed by atoms with Crippen molar-refractivity contribution in [3.63, 3.8) is 0 Å². The van der Waals surface area contributed by atoms with Gasteiger partial charge in [0.1, 0.15) is 0 Å². The third-order valence-electron chi connectivity index (χ3n) is 7.36. The number of carbonyl (C=O) groups is 1. The molecule has 33 heavy (non-hydrogen) atoms. The zero-order valence-electron chi connectivity index (χ0n) is 21.2. The maximum absolute atomic E-state index is 14.2. The van der Waals surface area contributed by atoms with E-state index < -0.39 is 5.41 Å². The molecule has 2 aromatic carbocycles. The molecule has 0 amide bonds. The number of nitrogens with one attached hydrogen (secondary N) is 1. The van der Waals surface area contributed by atoms with Gasteiger partial charge >= 0.3 is 0 Å². The first kappa shape index (κ1) is 25.5. The van der Waals surface area contributed by atoms with Crippen LogP contribution in [-0.2, 0) is 11.2 Å². The Morgan fingerprint density at radius 2 is 1.67 bits per heavy atom. The van der Waals surface area contributed by atoms with Gasteiger partial charge in [-0.1, -0.05) is 57.9 Å². The first-order valence-corrected chi connectivity index (χ1v) is 12.6. The van der Waals surface area contributed by atoms with E-state index in [1.807, 2.05) is 19.2 Å². The Labute approximate surface area is 200 Å². The number of nitrogens with zero attached hydrogens (tertiary/aromatic N) is 1. The van der Waals surface area contributed by atoms with Gasteiger partial charge in [-0.25, -0.2) is 0 Å². The van der Waals surface area contributed by atoms with Crippen molar-refractivity contribution in [1.82, 2.24) is 5.32 Å². The second-order valence-electron chi connectivity index (χ2n) is 9.82. The summed E-state index contributed by atoms with van der Waals surface area (Å²) in [4.78, 5) is 16.5. The first-order chi connectivity index (χ1) is 15.9. The minimum Gasteiger partial charge on any atom is -0.378 e. The van der Waals surface area contributed by atoms with Crippen LogP contribution in [0.1, 0.15) is 74.4 Å². The number of Topliss-reactive ketones (excluding diaryl/α,β-unsaturated/α-hetero) is 1. The number of benzene rings is 2. The van der Waals surface area contributed by atoms with Gasteiger partial charge in [0, 0.05) is 30.4 Å². The molecule has 0 aliphatic carbocycles. The molecule has 0 radical (unpaired) electrons. The average Bonchev–Trinajstić information content (AvgIpc) is 2.86. The summed E-state index contributed by atoms with van der Waals surface area (Å²) >= 11 is 0. The van der Waals surface area contributed by atoms with E-state index in [2.05, 4.69) is 74.3 Å². The lowest BCUT2D eigenvalue weighted by Crippen LogP contribution is -2.49. The Kier molecular flexibility index (Phi) is 9.10. The maximum atomic E-state index is 14.2. The fourth-order valence-corrected chi connectivity index (χ4v) is 4.93. The van der Waals surface area contributed by atoms with E-state index in [1.54, 1.807) is 0 Å². The zero-order valence-corrected chi connectivity index (χ0v) is 21.2. The van der Waals surface area contributed by atoms with Gasteiger partial charge in [0.05, 0.1) is 18.6 Å². The quantitative estimate of drug-likeness (QED) is 0.436. The van der Waals surface area contributed by atoms with Crippen LogP contribution in [-0.4, -0.2) is 45.2 Å². The first-order valence-electron chi connectivity index (χ1n) is 12.6. The van der Waals surface area contributed by atoms with Crippen LogP contribution in [0.5, 0.6) is 0 Å². The largest absolute Gasteiger partial charge is 0.378 e. The normalized spacial score (nSPS) is 17.1. The number of hydrogen-bond donors (Lipinski definition) is 1. The van der Waals surface area contributed by atoms with Crippen molar-refractivity contribution < 1.29 is 9.53 Å². The summed E-state index contributed by atoms with van der Waals surface area (Å²) in [5, 5.41) is 3.44. The molecule has 1 N–H and O–H groups in total. The van der Waals surface area contributed by atoms with E-state index in [1.165, 1.54) is 16.8 Å². The summed E-state index contributed by atoms with van der Waals surface area (Å²) in [6.45, 7) is 12.1. The van der Waals surface area contributed by atoms with Crippen molar-refractivity contribution in [2.45, 2.75) is 65.3 Å². The Bertz CT molecular complexity index is 869. The predicted octanol–water partition coefficient (Wildman–Crippen LogP) is 5.86. The zero-order chi connectivity index (χ0) is 23.8. The highest BCUT2D eigenvalue weighted by atomic mass is 16.5. The molecule has 1 saturated heterocycles. The van der Waals surface area contributed by atoms with E-state index in [9.17, 15) is 4.79 Å². The molecule has 2 atom stereocenters. The Hall–Kier alpha value is -2.17. The smallest absolute Gasteiger partial charge is 0.170 e. The molecule has 180 valence electrons. The molecule has 0 spiro atoms. The molecular weight excluding hydrogens is 408 g/mol. The summed E-state index contributed by atoms with van der Waals surface area (Å²) in [5.41, 5.74) is 4.06. The van der Waals surface area contributed by atoms with Gasteiger partial charge in [-0.3, -0.25) is 4.79 Å². The number of unbranched alkanes of at least 4 members (excludes halogenated alkanes) is 1. The highest BCUT2D eigenvalue weighted by molar-refractivity contribution is 6.01. The van der Waals surface area contributed by atoms with E-state index in [-0.39, 0.29) is 11.8 Å². The average molecular weight is 451 g/mol. The Balaban J connectivity index is 1.92. The lowest BCUT2D eigenvalue weighted by atomic mass is 9.67. The number of anilines is 1. The molecule has 0 bridgehead atoms. The second kappa shape index (κ2) is 11.8. The maximum Gasteiger partial charge on any atom is 0.170 e. The van der Waals surface area contributed by atoms with Crippen molar-refractivity contribution in [3.8, 4) is 0 Å². The van der Waals surface area contributed by atoms with Crippen LogP contribution in [0.15, 0.2) is 48.5 Å². The monoisotopic (exact) mass is 450 g/mol. The minimum atomic E-state index is -0.482. The molecule has 0 aromatic heterocycles. The Morgan fingerprint density at radius 1 is 1.03 bits per heavy atom. The number of ether oxygens (including phenoxy) is 1. The second-order valence-corrected chi connectivity index (χ2v) is 9.82. The van der Waals surface area contributed by atoms with E-state index in [0.717, 1.165) is 57.6 Å². The van der Waals surface area contributed by atoms with Crippen molar-refractivity contribution in [2.75, 3.05) is 38.3 Å². The summed E-state index contributed by atoms with van der Waals surface area (Å²) in [5.74, 6) is 0.756. The lowest BCUT2D eigenvalue weighted by molar-refractivity contribution is 0.0702. The van der Waals surface area contributed by atoms with Crippen LogP contribution in [0.25, 0.3) is 0 Å². The molecule has 1 heterocycles. The number of ketones is 1. The minimum absolute atomic E-state index is 0.0697. The van der Waals surface area contributed by atoms with Crippen LogP contribution in [0.4, 0.5) is 5.69 Å². The van der Waals surface area contributed by atoms with Crippen LogP contribution in [0.3, 0.4) is 0 Å². The van der Waals surface area contributed by atoms with Gasteiger partial charge < -0.3 is 15.0 Å². The van der Waals surface area contributed by atoms with Gasteiger partial charge in [-0.05, 0) is 68.1 Å². The van der Waals surface area contributed by atoms with E-state index in [0.29, 0.717) is 5.92 Å². The molecule has 1 fully saturated rings. The number of carbonyl (C=O) groups excluding carboxylic acids is 1. The number of rotatable bonds is 11. The molecule has 2 aromatic rings. The van der Waals surface area contributed by atoms with E-state index >= 15 is 0 Å². The van der Waals surface area contributed by atoms with E-state index in [4.69, 9.17) is 4.74 Å². The third kappa shape index (κ3) is 6.04. The molecular formula is C29H42N2O2. The molecule has 1 aliphatic heterocycles. The van der Waals surface area contributed by atoms with Gasteiger partial charge in [-0.15, -0.1) is 0 Å². The topological polar surface area (TPSA) is 41.6 Å². The van der Waals surface area contributed by atoms with Crippen molar-refractivity contribution in [2.24, 2.45) is 5.41 Å². The molecule has 2 unspecified atom stereocenters. The number of morpholine rings is 1. The summed E-state index contributed by atoms with van der Waals surface area (Å²) in [7, 11) is 1.97. The van der Waals surface area contributed by atoms with Crippen molar-refractivity contribution >= 4 is 11.5 Å². The van der Waals surface area contributed by atoms with Crippen LogP contribution in [0.2, 0.25) is 0 Å². The lowest BCUT2D eigenvalue weighted by Gasteiger charge is -2.38. The summed E-state index contributed by atoms with van der Waals surface area (Å²) < 4.78 is 5.48. The molecule has 3 rings (SSSR count). The molecule has 4 nitrogen and oxygen atoms in total. The molecule has 4 heteroatoms. The summed E-state index contributed by atoms with van der Waals surface area (Å²) in [6, 6.07) is 17.2. The predicted molar refractivity (Wildman–Crippen MR) is 139 cm³/mol. The molecule has 1 aliphatic rings. The highest BCUT2D eigenvalue weighted by Gasteiger charge is 2.42. The van der Waals surface area contributed by atoms with Gasteiger partial charge in [0.25, 0.3) is 0 Å².